The lowest BCUT2D eigenvalue weighted by atomic mass is 9.87. The summed E-state index contributed by atoms with van der Waals surface area (Å²) in [5, 5.41) is 10.3. The van der Waals surface area contributed by atoms with Crippen molar-refractivity contribution < 1.29 is 13.4 Å². The molecule has 4 aromatic rings. The van der Waals surface area contributed by atoms with Gasteiger partial charge in [0.2, 0.25) is 0 Å². The second kappa shape index (κ2) is 10.2. The number of nitrogens with zero attached hydrogens (tertiary/aromatic N) is 2. The van der Waals surface area contributed by atoms with Crippen LogP contribution in [0.15, 0.2) is 83.4 Å². The monoisotopic (exact) mass is 517 g/mol. The van der Waals surface area contributed by atoms with Crippen molar-refractivity contribution in [1.82, 2.24) is 4.98 Å². The van der Waals surface area contributed by atoms with Crippen LogP contribution in [0, 0.1) is 5.82 Å². The van der Waals surface area contributed by atoms with Gasteiger partial charge < -0.3 is 16.0 Å². The Morgan fingerprint density at radius 3 is 2.54 bits per heavy atom. The van der Waals surface area contributed by atoms with Gasteiger partial charge in [0, 0.05) is 68.2 Å². The Morgan fingerprint density at radius 2 is 1.73 bits per heavy atom. The molecule has 0 spiro atoms. The van der Waals surface area contributed by atoms with Gasteiger partial charge in [0.05, 0.1) is 11.6 Å². The molecule has 1 amide bonds. The summed E-state index contributed by atoms with van der Waals surface area (Å²) in [5.74, 6) is -0.581. The molecule has 190 valence electrons. The first-order valence-corrected chi connectivity index (χ1v) is 14.3. The number of hydrogen-bond acceptors (Lipinski definition) is 6. The predicted octanol–water partition coefficient (Wildman–Crippen LogP) is 6.04. The number of hydrogen-bond donors (Lipinski definition) is 3. The van der Waals surface area contributed by atoms with Crippen molar-refractivity contribution in [1.29, 1.82) is 0 Å². The van der Waals surface area contributed by atoms with Crippen LogP contribution in [0.2, 0.25) is 0 Å². The molecule has 0 saturated heterocycles. The maximum atomic E-state index is 13.8. The molecule has 37 heavy (non-hydrogen) atoms. The van der Waals surface area contributed by atoms with E-state index < -0.39 is 9.73 Å². The average Bonchev–Trinajstić information content (AvgIpc) is 2.83. The van der Waals surface area contributed by atoms with E-state index in [1.165, 1.54) is 12.1 Å². The minimum atomic E-state index is -2.08. The van der Waals surface area contributed by atoms with Gasteiger partial charge in [-0.3, -0.25) is 14.0 Å². The van der Waals surface area contributed by atoms with Crippen LogP contribution in [-0.4, -0.2) is 39.7 Å². The molecule has 3 aromatic carbocycles. The molecule has 0 bridgehead atoms. The van der Waals surface area contributed by atoms with Gasteiger partial charge in [-0.1, -0.05) is 12.1 Å². The van der Waals surface area contributed by atoms with Crippen molar-refractivity contribution in [3.05, 3.63) is 90.4 Å². The fourth-order valence-corrected chi connectivity index (χ4v) is 5.29. The predicted molar refractivity (Wildman–Crippen MR) is 149 cm³/mol. The summed E-state index contributed by atoms with van der Waals surface area (Å²) >= 11 is 0. The molecule has 1 aliphatic carbocycles. The number of pyridine rings is 1. The summed E-state index contributed by atoms with van der Waals surface area (Å²) in [5.41, 5.74) is 4.15. The molecule has 0 atom stereocenters. The van der Waals surface area contributed by atoms with Crippen LogP contribution in [0.25, 0.3) is 10.9 Å². The molecule has 0 unspecified atom stereocenters. The number of anilines is 4. The number of carbonyl (C=O) groups excluding carboxylic acids is 1. The topological polar surface area (TPSA) is 95.5 Å². The highest BCUT2D eigenvalue weighted by Crippen LogP contribution is 2.29. The van der Waals surface area contributed by atoms with E-state index in [-0.39, 0.29) is 23.8 Å². The molecule has 1 fully saturated rings. The lowest BCUT2D eigenvalue weighted by Crippen LogP contribution is -2.38. The van der Waals surface area contributed by atoms with Gasteiger partial charge in [-0.25, -0.2) is 8.75 Å². The highest BCUT2D eigenvalue weighted by Gasteiger charge is 2.29. The van der Waals surface area contributed by atoms with E-state index in [1.54, 1.807) is 49.0 Å². The minimum Gasteiger partial charge on any atom is -0.382 e. The number of aromatic nitrogens is 1. The van der Waals surface area contributed by atoms with Crippen molar-refractivity contribution in [2.45, 2.75) is 24.9 Å². The maximum Gasteiger partial charge on any atom is 0.255 e. The average molecular weight is 518 g/mol. The molecule has 0 aliphatic heterocycles. The zero-order valence-electron chi connectivity index (χ0n) is 20.6. The Balaban J connectivity index is 1.24. The minimum absolute atomic E-state index is 0.132. The number of amides is 1. The van der Waals surface area contributed by atoms with Crippen LogP contribution >= 0.6 is 0 Å². The van der Waals surface area contributed by atoms with Crippen molar-refractivity contribution >= 4 is 49.3 Å². The van der Waals surface area contributed by atoms with Crippen molar-refractivity contribution in [3.8, 4) is 0 Å². The lowest BCUT2D eigenvalue weighted by Gasteiger charge is -2.34. The van der Waals surface area contributed by atoms with E-state index >= 15 is 0 Å². The fourth-order valence-electron chi connectivity index (χ4n) is 4.40. The molecule has 7 nitrogen and oxygen atoms in total. The second-order valence-corrected chi connectivity index (χ2v) is 12.1. The van der Waals surface area contributed by atoms with Gasteiger partial charge in [-0.05, 0) is 73.5 Å². The van der Waals surface area contributed by atoms with E-state index in [0.29, 0.717) is 33.5 Å². The quantitative estimate of drug-likeness (QED) is 0.278. The van der Waals surface area contributed by atoms with Gasteiger partial charge in [-0.15, -0.1) is 0 Å². The van der Waals surface area contributed by atoms with Crippen LogP contribution < -0.4 is 16.0 Å². The smallest absolute Gasteiger partial charge is 0.255 e. The van der Waals surface area contributed by atoms with E-state index in [0.717, 1.165) is 18.5 Å². The Bertz CT molecular complexity index is 1580. The number of nitrogens with one attached hydrogen (secondary N) is 3. The van der Waals surface area contributed by atoms with Crippen LogP contribution in [0.4, 0.5) is 27.1 Å². The van der Waals surface area contributed by atoms with E-state index in [2.05, 4.69) is 25.3 Å². The van der Waals surface area contributed by atoms with Crippen LogP contribution in [0.3, 0.4) is 0 Å². The third-order valence-corrected chi connectivity index (χ3v) is 6.92. The van der Waals surface area contributed by atoms with Crippen LogP contribution in [0.1, 0.15) is 23.2 Å². The summed E-state index contributed by atoms with van der Waals surface area (Å²) in [6.07, 6.45) is 6.66. The summed E-state index contributed by atoms with van der Waals surface area (Å²) in [4.78, 5) is 17.3. The maximum absolute atomic E-state index is 13.8. The number of halogens is 1. The number of benzene rings is 3. The molecule has 9 heteroatoms. The first kappa shape index (κ1) is 24.7. The number of fused-ring (bicyclic) bond motifs is 1. The molecule has 3 N–H and O–H groups in total. The van der Waals surface area contributed by atoms with Crippen LogP contribution in [-0.2, 0) is 9.73 Å². The standard InChI is InChI=1S/C28H28FN5O2S/c1-37(2,36)34-24-16-23(17-24)31-21-7-4-8-22(15-21)33-28(35)18-5-3-6-20(13-18)32-27-11-12-30-26-10-9-19(29)14-25(26)27/h3-15,23-24,31H,16-17H2,1-2H3,(H,30,32)(H,33,35). The third-order valence-electron chi connectivity index (χ3n) is 6.11. The zero-order valence-corrected chi connectivity index (χ0v) is 21.4. The van der Waals surface area contributed by atoms with Gasteiger partial charge >= 0.3 is 0 Å². The summed E-state index contributed by atoms with van der Waals surface area (Å²) in [7, 11) is -2.08. The van der Waals surface area contributed by atoms with E-state index in [1.807, 2.05) is 30.3 Å². The van der Waals surface area contributed by atoms with Gasteiger partial charge in [0.15, 0.2) is 0 Å². The van der Waals surface area contributed by atoms with Crippen molar-refractivity contribution in [2.75, 3.05) is 28.5 Å². The molecule has 0 radical (unpaired) electrons. The van der Waals surface area contributed by atoms with Crippen molar-refractivity contribution in [2.24, 2.45) is 4.36 Å². The molecule has 1 saturated carbocycles. The molecular formula is C28H28FN5O2S. The fraction of sp³-hybridized carbons (Fsp3) is 0.214. The lowest BCUT2D eigenvalue weighted by molar-refractivity contribution is 0.102. The largest absolute Gasteiger partial charge is 0.382 e. The Morgan fingerprint density at radius 1 is 0.973 bits per heavy atom. The molecule has 1 aliphatic rings. The molecule has 1 heterocycles. The van der Waals surface area contributed by atoms with E-state index in [4.69, 9.17) is 0 Å². The van der Waals surface area contributed by atoms with Gasteiger partial charge in [-0.2, -0.15) is 0 Å². The van der Waals surface area contributed by atoms with E-state index in [9.17, 15) is 13.4 Å². The Hall–Kier alpha value is -3.98. The van der Waals surface area contributed by atoms with Gasteiger partial charge in [0.25, 0.3) is 5.91 Å². The molecular weight excluding hydrogens is 489 g/mol. The Kier molecular flexibility index (Phi) is 6.80. The molecule has 1 aromatic heterocycles. The normalized spacial score (nSPS) is 17.1. The second-order valence-electron chi connectivity index (χ2n) is 9.51. The SMILES string of the molecule is CS(C)(=O)=NC1CC(Nc2cccc(NC(=O)c3cccc(Nc4ccnc5ccc(F)cc45)c3)c2)C1. The Labute approximate surface area is 215 Å². The summed E-state index contributed by atoms with van der Waals surface area (Å²) < 4.78 is 30.0. The first-order valence-electron chi connectivity index (χ1n) is 12.0. The first-order chi connectivity index (χ1) is 17.7. The number of carbonyl (C=O) groups is 1. The molecule has 5 rings (SSSR count). The highest BCUT2D eigenvalue weighted by molar-refractivity contribution is 7.92. The summed E-state index contributed by atoms with van der Waals surface area (Å²) in [6.45, 7) is 0. The number of rotatable bonds is 7. The highest BCUT2D eigenvalue weighted by atomic mass is 32.2. The van der Waals surface area contributed by atoms with Crippen molar-refractivity contribution in [3.63, 3.8) is 0 Å². The van der Waals surface area contributed by atoms with Crippen LogP contribution in [0.5, 0.6) is 0 Å². The third kappa shape index (κ3) is 6.24. The zero-order chi connectivity index (χ0) is 26.0. The van der Waals surface area contributed by atoms with Gasteiger partial charge in [0.1, 0.15) is 5.82 Å². The summed E-state index contributed by atoms with van der Waals surface area (Å²) in [6, 6.07) is 21.3.